The smallest absolute Gasteiger partial charge is 0.224 e. The Bertz CT molecular complexity index is 728. The number of nitrogens with zero attached hydrogens (tertiary/aromatic N) is 1. The van der Waals surface area contributed by atoms with Crippen LogP contribution in [-0.4, -0.2) is 44.9 Å². The van der Waals surface area contributed by atoms with Crippen LogP contribution in [0, 0.1) is 0 Å². The predicted molar refractivity (Wildman–Crippen MR) is 115 cm³/mol. The molecule has 0 saturated carbocycles. The summed E-state index contributed by atoms with van der Waals surface area (Å²) in [5, 5.41) is 3.75. The van der Waals surface area contributed by atoms with Gasteiger partial charge in [-0.25, -0.2) is 0 Å². The number of halogens is 1. The van der Waals surface area contributed by atoms with Crippen LogP contribution in [0.5, 0.6) is 0 Å². The third-order valence-electron chi connectivity index (χ3n) is 4.76. The lowest BCUT2D eigenvalue weighted by Gasteiger charge is -2.31. The van der Waals surface area contributed by atoms with Crippen molar-refractivity contribution in [1.82, 2.24) is 0 Å². The second-order valence-corrected chi connectivity index (χ2v) is 8.55. The summed E-state index contributed by atoms with van der Waals surface area (Å²) in [6.45, 7) is 4.52. The lowest BCUT2D eigenvalue weighted by atomic mass is 10.2. The van der Waals surface area contributed by atoms with E-state index in [1.54, 1.807) is 16.7 Å². The molecule has 1 aliphatic heterocycles. The van der Waals surface area contributed by atoms with E-state index in [4.69, 9.17) is 11.6 Å². The van der Waals surface area contributed by atoms with Gasteiger partial charge in [0.15, 0.2) is 0 Å². The maximum Gasteiger partial charge on any atom is 0.224 e. The molecule has 4 nitrogen and oxygen atoms in total. The molecule has 1 heterocycles. The van der Waals surface area contributed by atoms with E-state index in [2.05, 4.69) is 29.4 Å². The number of carbonyl (C=O) groups excluding carboxylic acids is 1. The molecule has 0 aromatic heterocycles. The summed E-state index contributed by atoms with van der Waals surface area (Å²) in [5.74, 6) is 0.988. The van der Waals surface area contributed by atoms with Gasteiger partial charge in [-0.1, -0.05) is 11.6 Å². The van der Waals surface area contributed by atoms with Gasteiger partial charge in [-0.15, -0.1) is 11.8 Å². The first-order valence-electron chi connectivity index (χ1n) is 9.45. The number of likely N-dealkylation sites (N-methyl/N-ethyl adjacent to an activating group) is 1. The van der Waals surface area contributed by atoms with E-state index in [1.165, 1.54) is 23.7 Å². The SMILES string of the molecule is C[NH+]1CCN(c2ccc(NC(=O)CCCSc3ccc(Cl)cc3)cc2)CC1. The summed E-state index contributed by atoms with van der Waals surface area (Å²) in [4.78, 5) is 17.3. The van der Waals surface area contributed by atoms with Crippen molar-refractivity contribution in [3.63, 3.8) is 0 Å². The van der Waals surface area contributed by atoms with E-state index in [0.717, 1.165) is 36.0 Å². The van der Waals surface area contributed by atoms with Crippen LogP contribution < -0.4 is 15.1 Å². The highest BCUT2D eigenvalue weighted by molar-refractivity contribution is 7.99. The second kappa shape index (κ2) is 10.0. The van der Waals surface area contributed by atoms with Gasteiger partial charge < -0.3 is 15.1 Å². The maximum absolute atomic E-state index is 12.1. The third-order valence-corrected chi connectivity index (χ3v) is 6.11. The maximum atomic E-state index is 12.1. The fraction of sp³-hybridized carbons (Fsp3) is 0.381. The average molecular weight is 405 g/mol. The molecule has 0 atom stereocenters. The summed E-state index contributed by atoms with van der Waals surface area (Å²) < 4.78 is 0. The Morgan fingerprint density at radius 2 is 1.78 bits per heavy atom. The molecule has 2 N–H and O–H groups in total. The molecule has 0 unspecified atom stereocenters. The van der Waals surface area contributed by atoms with Gasteiger partial charge in [0.2, 0.25) is 5.91 Å². The van der Waals surface area contributed by atoms with Gasteiger partial charge in [0.1, 0.15) is 0 Å². The quantitative estimate of drug-likeness (QED) is 0.549. The van der Waals surface area contributed by atoms with Gasteiger partial charge >= 0.3 is 0 Å². The number of quaternary nitrogens is 1. The zero-order chi connectivity index (χ0) is 19.1. The molecule has 1 fully saturated rings. The number of piperazine rings is 1. The molecule has 0 spiro atoms. The zero-order valence-corrected chi connectivity index (χ0v) is 17.3. The van der Waals surface area contributed by atoms with Crippen LogP contribution in [0.15, 0.2) is 53.4 Å². The molecule has 0 aliphatic carbocycles. The minimum Gasteiger partial charge on any atom is -0.360 e. The monoisotopic (exact) mass is 404 g/mol. The van der Waals surface area contributed by atoms with Crippen molar-refractivity contribution in [1.29, 1.82) is 0 Å². The Kier molecular flexibility index (Phi) is 7.44. The van der Waals surface area contributed by atoms with Crippen molar-refractivity contribution in [3.05, 3.63) is 53.6 Å². The first-order valence-corrected chi connectivity index (χ1v) is 10.8. The van der Waals surface area contributed by atoms with Crippen LogP contribution in [-0.2, 0) is 4.79 Å². The predicted octanol–water partition coefficient (Wildman–Crippen LogP) is 3.19. The number of carbonyl (C=O) groups is 1. The highest BCUT2D eigenvalue weighted by Gasteiger charge is 2.16. The van der Waals surface area contributed by atoms with E-state index in [1.807, 2.05) is 36.4 Å². The fourth-order valence-corrected chi connectivity index (χ4v) is 4.06. The average Bonchev–Trinajstić information content (AvgIpc) is 2.68. The van der Waals surface area contributed by atoms with E-state index in [9.17, 15) is 4.79 Å². The third kappa shape index (κ3) is 6.45. The molecule has 2 aromatic rings. The van der Waals surface area contributed by atoms with Crippen LogP contribution >= 0.6 is 23.4 Å². The molecule has 0 radical (unpaired) electrons. The lowest BCUT2D eigenvalue weighted by Crippen LogP contribution is -3.12. The van der Waals surface area contributed by atoms with Crippen molar-refractivity contribution in [3.8, 4) is 0 Å². The van der Waals surface area contributed by atoms with Crippen LogP contribution in [0.25, 0.3) is 0 Å². The van der Waals surface area contributed by atoms with Gasteiger partial charge in [-0.05, 0) is 60.7 Å². The number of anilines is 2. The molecule has 1 amide bonds. The van der Waals surface area contributed by atoms with E-state index in [0.29, 0.717) is 6.42 Å². The highest BCUT2D eigenvalue weighted by Crippen LogP contribution is 2.22. The Labute approximate surface area is 170 Å². The molecule has 2 aromatic carbocycles. The Morgan fingerprint density at radius 3 is 2.44 bits per heavy atom. The van der Waals surface area contributed by atoms with Gasteiger partial charge in [-0.3, -0.25) is 4.79 Å². The number of hydrogen-bond acceptors (Lipinski definition) is 3. The van der Waals surface area contributed by atoms with Crippen molar-refractivity contribution < 1.29 is 9.69 Å². The Balaban J connectivity index is 1.38. The number of nitrogens with one attached hydrogen (secondary N) is 2. The van der Waals surface area contributed by atoms with Crippen molar-refractivity contribution in [2.24, 2.45) is 0 Å². The Hall–Kier alpha value is -1.69. The van der Waals surface area contributed by atoms with Crippen LogP contribution in [0.1, 0.15) is 12.8 Å². The normalized spacial score (nSPS) is 15.0. The van der Waals surface area contributed by atoms with Crippen molar-refractivity contribution >= 4 is 40.6 Å². The Morgan fingerprint density at radius 1 is 1.11 bits per heavy atom. The van der Waals surface area contributed by atoms with Crippen molar-refractivity contribution in [2.45, 2.75) is 17.7 Å². The second-order valence-electron chi connectivity index (χ2n) is 6.95. The molecule has 0 bridgehead atoms. The minimum atomic E-state index is 0.0719. The van der Waals surface area contributed by atoms with Gasteiger partial charge in [0, 0.05) is 27.7 Å². The number of thioether (sulfide) groups is 1. The zero-order valence-electron chi connectivity index (χ0n) is 15.7. The highest BCUT2D eigenvalue weighted by atomic mass is 35.5. The van der Waals surface area contributed by atoms with E-state index >= 15 is 0 Å². The van der Waals surface area contributed by atoms with E-state index in [-0.39, 0.29) is 5.91 Å². The molecule has 1 saturated heterocycles. The summed E-state index contributed by atoms with van der Waals surface area (Å²) >= 11 is 7.63. The standard InChI is InChI=1S/C21H26ClN3OS/c1-24-12-14-25(15-13-24)19-8-6-18(7-9-19)23-21(26)3-2-16-27-20-10-4-17(22)5-11-20/h4-11H,2-3,12-16H2,1H3,(H,23,26)/p+1. The number of hydrogen-bond donors (Lipinski definition) is 2. The molecular weight excluding hydrogens is 378 g/mol. The van der Waals surface area contributed by atoms with Gasteiger partial charge in [0.05, 0.1) is 33.2 Å². The van der Waals surface area contributed by atoms with Gasteiger partial charge in [0.25, 0.3) is 0 Å². The summed E-state index contributed by atoms with van der Waals surface area (Å²) in [5.41, 5.74) is 2.11. The van der Waals surface area contributed by atoms with Crippen LogP contribution in [0.2, 0.25) is 5.02 Å². The first-order chi connectivity index (χ1) is 13.1. The van der Waals surface area contributed by atoms with Crippen molar-refractivity contribution in [2.75, 3.05) is 49.2 Å². The van der Waals surface area contributed by atoms with Crippen LogP contribution in [0.4, 0.5) is 11.4 Å². The molecule has 3 rings (SSSR count). The summed E-state index contributed by atoms with van der Waals surface area (Å²) in [6.07, 6.45) is 1.38. The minimum absolute atomic E-state index is 0.0719. The molecular formula is C21H27ClN3OS+. The molecule has 144 valence electrons. The lowest BCUT2D eigenvalue weighted by molar-refractivity contribution is -0.880. The summed E-state index contributed by atoms with van der Waals surface area (Å²) in [6, 6.07) is 16.0. The fourth-order valence-electron chi connectivity index (χ4n) is 3.08. The topological polar surface area (TPSA) is 36.8 Å². The summed E-state index contributed by atoms with van der Waals surface area (Å²) in [7, 11) is 2.24. The van der Waals surface area contributed by atoms with E-state index < -0.39 is 0 Å². The number of amides is 1. The van der Waals surface area contributed by atoms with Crippen LogP contribution in [0.3, 0.4) is 0 Å². The first kappa shape index (κ1) is 20.1. The number of benzene rings is 2. The molecule has 1 aliphatic rings. The largest absolute Gasteiger partial charge is 0.360 e. The molecule has 27 heavy (non-hydrogen) atoms. The number of rotatable bonds is 7. The molecule has 6 heteroatoms. The van der Waals surface area contributed by atoms with Gasteiger partial charge in [-0.2, -0.15) is 0 Å².